The van der Waals surface area contributed by atoms with E-state index in [9.17, 15) is 13.2 Å². The van der Waals surface area contributed by atoms with Gasteiger partial charge in [0.2, 0.25) is 0 Å². The van der Waals surface area contributed by atoms with Crippen molar-refractivity contribution in [3.63, 3.8) is 0 Å². The molecule has 1 atom stereocenters. The quantitative estimate of drug-likeness (QED) is 0.857. The smallest absolute Gasteiger partial charge is 0.268 e. The number of nitrogens with one attached hydrogen (secondary N) is 1. The number of benzene rings is 1. The second-order valence-corrected chi connectivity index (χ2v) is 7.72. The van der Waals surface area contributed by atoms with Crippen LogP contribution in [0.2, 0.25) is 0 Å². The Kier molecular flexibility index (Phi) is 2.72. The summed E-state index contributed by atoms with van der Waals surface area (Å²) in [4.78, 5) is 11.9. The van der Waals surface area contributed by atoms with Crippen LogP contribution in [0.5, 0.6) is 0 Å². The fourth-order valence-corrected chi connectivity index (χ4v) is 3.73. The van der Waals surface area contributed by atoms with Gasteiger partial charge in [0.25, 0.3) is 5.91 Å². The first-order chi connectivity index (χ1) is 8.88. The Morgan fingerprint density at radius 3 is 2.79 bits per heavy atom. The maximum absolute atomic E-state index is 11.9. The van der Waals surface area contributed by atoms with E-state index in [1.807, 2.05) is 18.2 Å². The number of rotatable bonds is 1. The van der Waals surface area contributed by atoms with Gasteiger partial charge < -0.3 is 9.88 Å². The van der Waals surface area contributed by atoms with Gasteiger partial charge >= 0.3 is 0 Å². The van der Waals surface area contributed by atoms with Gasteiger partial charge in [-0.3, -0.25) is 4.79 Å². The van der Waals surface area contributed by atoms with Crippen LogP contribution in [-0.2, 0) is 9.84 Å². The van der Waals surface area contributed by atoms with Crippen LogP contribution in [0.3, 0.4) is 0 Å². The highest BCUT2D eigenvalue weighted by Gasteiger charge is 2.33. The van der Waals surface area contributed by atoms with E-state index in [1.165, 1.54) is 6.26 Å². The fraction of sp³-hybridized carbons (Fsp3) is 0.250. The van der Waals surface area contributed by atoms with Crippen LogP contribution in [0, 0.1) is 0 Å². The zero-order chi connectivity index (χ0) is 13.8. The topological polar surface area (TPSA) is 68.2 Å². The molecule has 0 aliphatic carbocycles. The molecule has 1 N–H and O–H groups in total. The molecule has 100 valence electrons. The molecule has 0 saturated carbocycles. The second-order valence-electron chi connectivity index (χ2n) is 4.60. The molecule has 1 aliphatic rings. The minimum atomic E-state index is -3.30. The molecule has 2 aromatic rings. The van der Waals surface area contributed by atoms with Crippen LogP contribution < -0.4 is 5.32 Å². The molecule has 0 bridgehead atoms. The van der Waals surface area contributed by atoms with Gasteiger partial charge in [-0.1, -0.05) is 22.0 Å². The first kappa shape index (κ1) is 12.7. The monoisotopic (exact) mass is 342 g/mol. The van der Waals surface area contributed by atoms with Crippen LogP contribution >= 0.6 is 15.9 Å². The predicted octanol–water partition coefficient (Wildman–Crippen LogP) is 1.69. The van der Waals surface area contributed by atoms with Crippen molar-refractivity contribution in [2.75, 3.05) is 12.8 Å². The Morgan fingerprint density at radius 2 is 2.11 bits per heavy atom. The van der Waals surface area contributed by atoms with Gasteiger partial charge in [0, 0.05) is 16.1 Å². The SMILES string of the molecule is CS(=O)(=O)[C@@H]1CNC(=O)c2cc3ccc(Br)cc3n21. The fourth-order valence-electron chi connectivity index (χ4n) is 2.38. The van der Waals surface area contributed by atoms with E-state index < -0.39 is 15.2 Å². The molecule has 0 fully saturated rings. The number of aromatic nitrogens is 1. The first-order valence-corrected chi connectivity index (χ1v) is 8.40. The highest BCUT2D eigenvalue weighted by Crippen LogP contribution is 2.30. The highest BCUT2D eigenvalue weighted by atomic mass is 79.9. The average Bonchev–Trinajstić information content (AvgIpc) is 2.68. The van der Waals surface area contributed by atoms with Crippen LogP contribution in [0.1, 0.15) is 15.9 Å². The minimum Gasteiger partial charge on any atom is -0.348 e. The summed E-state index contributed by atoms with van der Waals surface area (Å²) in [5, 5.41) is 2.71. The summed E-state index contributed by atoms with van der Waals surface area (Å²) in [5.41, 5.74) is 1.13. The molecule has 7 heteroatoms. The molecular weight excluding hydrogens is 332 g/mol. The van der Waals surface area contributed by atoms with E-state index in [1.54, 1.807) is 10.6 Å². The first-order valence-electron chi connectivity index (χ1n) is 5.65. The summed E-state index contributed by atoms with van der Waals surface area (Å²) in [6.45, 7) is 0.0982. The minimum absolute atomic E-state index is 0.0982. The van der Waals surface area contributed by atoms with Crippen molar-refractivity contribution in [1.82, 2.24) is 9.88 Å². The summed E-state index contributed by atoms with van der Waals surface area (Å²) in [5.74, 6) is -0.243. The Balaban J connectivity index is 2.38. The molecular formula is C12H11BrN2O3S. The zero-order valence-corrected chi connectivity index (χ0v) is 12.5. The molecule has 0 spiro atoms. The summed E-state index contributed by atoms with van der Waals surface area (Å²) in [7, 11) is -3.30. The summed E-state index contributed by atoms with van der Waals surface area (Å²) in [6, 6.07) is 7.27. The molecule has 1 aromatic carbocycles. The van der Waals surface area contributed by atoms with E-state index in [-0.39, 0.29) is 12.5 Å². The Labute approximate surface area is 118 Å². The number of hydrogen-bond donors (Lipinski definition) is 1. The van der Waals surface area contributed by atoms with Crippen LogP contribution in [-0.4, -0.2) is 31.7 Å². The summed E-state index contributed by atoms with van der Waals surface area (Å²) >= 11 is 3.37. The lowest BCUT2D eigenvalue weighted by Crippen LogP contribution is -2.41. The van der Waals surface area contributed by atoms with Gasteiger partial charge in [0.15, 0.2) is 15.2 Å². The van der Waals surface area contributed by atoms with Gasteiger partial charge in [0.1, 0.15) is 5.69 Å². The van der Waals surface area contributed by atoms with Gasteiger partial charge in [-0.25, -0.2) is 8.42 Å². The second kappa shape index (κ2) is 4.08. The van der Waals surface area contributed by atoms with Crippen molar-refractivity contribution in [2.45, 2.75) is 5.37 Å². The van der Waals surface area contributed by atoms with E-state index >= 15 is 0 Å². The largest absolute Gasteiger partial charge is 0.348 e. The van der Waals surface area contributed by atoms with Gasteiger partial charge in [-0.15, -0.1) is 0 Å². The molecule has 1 aromatic heterocycles. The highest BCUT2D eigenvalue weighted by molar-refractivity contribution is 9.10. The molecule has 2 heterocycles. The third-order valence-electron chi connectivity index (χ3n) is 3.26. The average molecular weight is 343 g/mol. The number of halogens is 1. The number of sulfone groups is 1. The maximum Gasteiger partial charge on any atom is 0.268 e. The van der Waals surface area contributed by atoms with E-state index in [2.05, 4.69) is 21.2 Å². The zero-order valence-electron chi connectivity index (χ0n) is 10.1. The van der Waals surface area contributed by atoms with Crippen molar-refractivity contribution < 1.29 is 13.2 Å². The molecule has 1 aliphatic heterocycles. The number of fused-ring (bicyclic) bond motifs is 3. The van der Waals surface area contributed by atoms with Gasteiger partial charge in [-0.2, -0.15) is 0 Å². The molecule has 0 saturated heterocycles. The number of hydrogen-bond acceptors (Lipinski definition) is 3. The van der Waals surface area contributed by atoms with Gasteiger partial charge in [-0.05, 0) is 18.2 Å². The van der Waals surface area contributed by atoms with Crippen molar-refractivity contribution in [1.29, 1.82) is 0 Å². The lowest BCUT2D eigenvalue weighted by atomic mass is 10.2. The molecule has 1 amide bonds. The van der Waals surface area contributed by atoms with Crippen molar-refractivity contribution in [3.8, 4) is 0 Å². The normalized spacial score (nSPS) is 19.3. The van der Waals surface area contributed by atoms with E-state index in [4.69, 9.17) is 0 Å². The Morgan fingerprint density at radius 1 is 1.37 bits per heavy atom. The van der Waals surface area contributed by atoms with Gasteiger partial charge in [0.05, 0.1) is 12.1 Å². The third-order valence-corrected chi connectivity index (χ3v) is 5.12. The Bertz CT molecular complexity index is 795. The van der Waals surface area contributed by atoms with Crippen LogP contribution in [0.15, 0.2) is 28.7 Å². The van der Waals surface area contributed by atoms with Crippen molar-refractivity contribution >= 4 is 42.6 Å². The third kappa shape index (κ3) is 1.97. The predicted molar refractivity (Wildman–Crippen MR) is 75.9 cm³/mol. The lowest BCUT2D eigenvalue weighted by molar-refractivity contribution is 0.0927. The van der Waals surface area contributed by atoms with Crippen molar-refractivity contribution in [2.24, 2.45) is 0 Å². The Hall–Kier alpha value is -1.34. The van der Waals surface area contributed by atoms with Crippen molar-refractivity contribution in [3.05, 3.63) is 34.4 Å². The number of amides is 1. The van der Waals surface area contributed by atoms with Crippen LogP contribution in [0.4, 0.5) is 0 Å². The number of nitrogens with zero attached hydrogens (tertiary/aromatic N) is 1. The molecule has 0 radical (unpaired) electrons. The summed E-state index contributed by atoms with van der Waals surface area (Å²) < 4.78 is 26.2. The van der Waals surface area contributed by atoms with E-state index in [0.29, 0.717) is 5.69 Å². The van der Waals surface area contributed by atoms with E-state index in [0.717, 1.165) is 15.4 Å². The molecule has 3 rings (SSSR count). The molecule has 5 nitrogen and oxygen atoms in total. The van der Waals surface area contributed by atoms with Crippen LogP contribution in [0.25, 0.3) is 10.9 Å². The number of carbonyl (C=O) groups excluding carboxylic acids is 1. The lowest BCUT2D eigenvalue weighted by Gasteiger charge is -2.25. The maximum atomic E-state index is 11.9. The molecule has 19 heavy (non-hydrogen) atoms. The number of carbonyl (C=O) groups is 1. The standard InChI is InChI=1S/C12H11BrN2O3S/c1-19(17,18)11-6-14-12(16)10-4-7-2-3-8(13)5-9(7)15(10)11/h2-5,11H,6H2,1H3,(H,14,16)/t11-/m1/s1. The molecule has 0 unspecified atom stereocenters. The summed E-state index contributed by atoms with van der Waals surface area (Å²) in [6.07, 6.45) is 1.18.